The Kier molecular flexibility index (Phi) is 1.80. The van der Waals surface area contributed by atoms with Crippen LogP contribution in [0.2, 0.25) is 0 Å². The molecular weight excluding hydrogens is 122 g/mol. The van der Waals surface area contributed by atoms with Gasteiger partial charge >= 0.3 is 0 Å². The lowest BCUT2D eigenvalue weighted by molar-refractivity contribution is 0.0313. The van der Waals surface area contributed by atoms with Gasteiger partial charge in [-0.2, -0.15) is 0 Å². The van der Waals surface area contributed by atoms with Gasteiger partial charge in [0.25, 0.3) is 0 Å². The average Bonchev–Trinajstić information content (AvgIpc) is 1.82. The van der Waals surface area contributed by atoms with E-state index in [2.05, 4.69) is 20.8 Å². The van der Waals surface area contributed by atoms with E-state index in [1.807, 2.05) is 0 Å². The summed E-state index contributed by atoms with van der Waals surface area (Å²) in [7, 11) is 0. The summed E-state index contributed by atoms with van der Waals surface area (Å²) in [5.74, 6) is 0. The topological polar surface area (TPSA) is 26.0 Å². The molecule has 10 heavy (non-hydrogen) atoms. The molecule has 0 bridgehead atoms. The lowest BCUT2D eigenvalue weighted by Gasteiger charge is -2.52. The maximum atomic E-state index is 5.95. The van der Waals surface area contributed by atoms with Crippen molar-refractivity contribution in [1.82, 2.24) is 0 Å². The third-order valence-corrected chi connectivity index (χ3v) is 3.06. The number of rotatable bonds is 2. The summed E-state index contributed by atoms with van der Waals surface area (Å²) < 4.78 is 0. The summed E-state index contributed by atoms with van der Waals surface area (Å²) in [6, 6.07) is 0. The fourth-order valence-corrected chi connectivity index (χ4v) is 2.41. The van der Waals surface area contributed by atoms with Gasteiger partial charge in [0.1, 0.15) is 0 Å². The van der Waals surface area contributed by atoms with Gasteiger partial charge in [0.05, 0.1) is 0 Å². The molecule has 1 aliphatic carbocycles. The Hall–Kier alpha value is -0.0400. The van der Waals surface area contributed by atoms with Crippen LogP contribution in [0.15, 0.2) is 0 Å². The molecule has 0 amide bonds. The van der Waals surface area contributed by atoms with Crippen LogP contribution < -0.4 is 5.73 Å². The Bertz CT molecular complexity index is 113. The second-order valence-electron chi connectivity index (χ2n) is 4.21. The minimum atomic E-state index is 0.159. The molecule has 0 spiro atoms. The third kappa shape index (κ3) is 1.20. The first-order chi connectivity index (χ1) is 4.54. The number of nitrogens with two attached hydrogens (primary N) is 1. The molecule has 1 saturated carbocycles. The molecular formula is C9H19N. The van der Waals surface area contributed by atoms with Gasteiger partial charge in [-0.05, 0) is 25.2 Å². The van der Waals surface area contributed by atoms with E-state index in [-0.39, 0.29) is 5.54 Å². The molecule has 0 heterocycles. The van der Waals surface area contributed by atoms with E-state index in [1.54, 1.807) is 0 Å². The van der Waals surface area contributed by atoms with Crippen LogP contribution in [0, 0.1) is 5.41 Å². The van der Waals surface area contributed by atoms with E-state index in [0.29, 0.717) is 5.41 Å². The first-order valence-corrected chi connectivity index (χ1v) is 4.32. The second-order valence-corrected chi connectivity index (χ2v) is 4.21. The van der Waals surface area contributed by atoms with Crippen LogP contribution in [-0.4, -0.2) is 5.54 Å². The van der Waals surface area contributed by atoms with Crippen LogP contribution >= 0.6 is 0 Å². The van der Waals surface area contributed by atoms with E-state index < -0.39 is 0 Å². The molecule has 0 aromatic carbocycles. The Labute approximate surface area is 64.0 Å². The molecule has 1 rings (SSSR count). The summed E-state index contributed by atoms with van der Waals surface area (Å²) in [5, 5.41) is 0. The van der Waals surface area contributed by atoms with Crippen molar-refractivity contribution in [3.63, 3.8) is 0 Å². The highest BCUT2D eigenvalue weighted by atomic mass is 14.8. The lowest BCUT2D eigenvalue weighted by Crippen LogP contribution is -2.55. The Morgan fingerprint density at radius 3 is 1.70 bits per heavy atom. The molecule has 60 valence electrons. The molecule has 2 N–H and O–H groups in total. The smallest absolute Gasteiger partial charge is 0.0136 e. The van der Waals surface area contributed by atoms with E-state index in [4.69, 9.17) is 5.73 Å². The second kappa shape index (κ2) is 2.23. The normalized spacial score (nSPS) is 27.6. The zero-order valence-electron chi connectivity index (χ0n) is 7.41. The largest absolute Gasteiger partial charge is 0.325 e. The molecule has 0 atom stereocenters. The van der Waals surface area contributed by atoms with Crippen LogP contribution in [0.5, 0.6) is 0 Å². The first-order valence-electron chi connectivity index (χ1n) is 4.32. The monoisotopic (exact) mass is 141 g/mol. The van der Waals surface area contributed by atoms with Crippen molar-refractivity contribution in [2.45, 2.75) is 52.0 Å². The molecule has 0 aliphatic heterocycles. The minimum absolute atomic E-state index is 0.159. The highest BCUT2D eigenvalue weighted by Gasteiger charge is 2.46. The van der Waals surface area contributed by atoms with Crippen molar-refractivity contribution >= 4 is 0 Å². The fourth-order valence-electron chi connectivity index (χ4n) is 2.41. The number of hydrogen-bond donors (Lipinski definition) is 1. The van der Waals surface area contributed by atoms with Gasteiger partial charge in [-0.15, -0.1) is 0 Å². The fraction of sp³-hybridized carbons (Fsp3) is 1.00. The van der Waals surface area contributed by atoms with Crippen molar-refractivity contribution in [3.8, 4) is 0 Å². The van der Waals surface area contributed by atoms with Gasteiger partial charge in [-0.1, -0.05) is 26.7 Å². The molecule has 1 nitrogen and oxygen atoms in total. The molecule has 0 aromatic rings. The van der Waals surface area contributed by atoms with Gasteiger partial charge in [0.15, 0.2) is 0 Å². The van der Waals surface area contributed by atoms with Crippen molar-refractivity contribution in [2.75, 3.05) is 0 Å². The summed E-state index contributed by atoms with van der Waals surface area (Å²) in [4.78, 5) is 0. The van der Waals surface area contributed by atoms with E-state index >= 15 is 0 Å². The average molecular weight is 141 g/mol. The summed E-state index contributed by atoms with van der Waals surface area (Å²) >= 11 is 0. The van der Waals surface area contributed by atoms with Crippen LogP contribution in [-0.2, 0) is 0 Å². The van der Waals surface area contributed by atoms with Gasteiger partial charge < -0.3 is 5.73 Å². The maximum Gasteiger partial charge on any atom is 0.0136 e. The van der Waals surface area contributed by atoms with Gasteiger partial charge in [0.2, 0.25) is 0 Å². The Morgan fingerprint density at radius 2 is 1.60 bits per heavy atom. The quantitative estimate of drug-likeness (QED) is 0.627. The van der Waals surface area contributed by atoms with E-state index in [0.717, 1.165) is 0 Å². The molecule has 1 heteroatoms. The maximum absolute atomic E-state index is 5.95. The molecule has 0 saturated heterocycles. The van der Waals surface area contributed by atoms with Crippen LogP contribution in [0.25, 0.3) is 0 Å². The van der Waals surface area contributed by atoms with Crippen molar-refractivity contribution < 1.29 is 0 Å². The third-order valence-electron chi connectivity index (χ3n) is 3.06. The zero-order valence-corrected chi connectivity index (χ0v) is 7.41. The molecule has 1 aliphatic rings. The highest BCUT2D eigenvalue weighted by Crippen LogP contribution is 2.51. The SMILES string of the molecule is CCC1(CC)CC(C)(N)C1. The Morgan fingerprint density at radius 1 is 1.20 bits per heavy atom. The first kappa shape index (κ1) is 8.06. The highest BCUT2D eigenvalue weighted by molar-refractivity contribution is 5.03. The summed E-state index contributed by atoms with van der Waals surface area (Å²) in [6.45, 7) is 6.72. The Balaban J connectivity index is 2.46. The standard InChI is InChI=1S/C9H19N/c1-4-9(5-2)6-8(3,10)7-9/h4-7,10H2,1-3H3. The summed E-state index contributed by atoms with van der Waals surface area (Å²) in [5.41, 5.74) is 6.72. The van der Waals surface area contributed by atoms with E-state index in [9.17, 15) is 0 Å². The molecule has 1 fully saturated rings. The minimum Gasteiger partial charge on any atom is -0.325 e. The lowest BCUT2D eigenvalue weighted by atomic mass is 9.56. The van der Waals surface area contributed by atoms with Crippen molar-refractivity contribution in [3.05, 3.63) is 0 Å². The predicted molar refractivity (Wildman–Crippen MR) is 44.8 cm³/mol. The van der Waals surface area contributed by atoms with Crippen molar-refractivity contribution in [2.24, 2.45) is 11.1 Å². The van der Waals surface area contributed by atoms with Crippen molar-refractivity contribution in [1.29, 1.82) is 0 Å². The van der Waals surface area contributed by atoms with Crippen LogP contribution in [0.1, 0.15) is 46.5 Å². The van der Waals surface area contributed by atoms with Gasteiger partial charge in [-0.3, -0.25) is 0 Å². The number of hydrogen-bond acceptors (Lipinski definition) is 1. The van der Waals surface area contributed by atoms with Crippen LogP contribution in [0.4, 0.5) is 0 Å². The van der Waals surface area contributed by atoms with Gasteiger partial charge in [-0.25, -0.2) is 0 Å². The van der Waals surface area contributed by atoms with Crippen LogP contribution in [0.3, 0.4) is 0 Å². The molecule has 0 unspecified atom stereocenters. The zero-order chi connectivity index (χ0) is 7.83. The van der Waals surface area contributed by atoms with E-state index in [1.165, 1.54) is 25.7 Å². The molecule has 0 aromatic heterocycles. The molecule has 0 radical (unpaired) electrons. The van der Waals surface area contributed by atoms with Gasteiger partial charge in [0, 0.05) is 5.54 Å². The summed E-state index contributed by atoms with van der Waals surface area (Å²) in [6.07, 6.45) is 5.06. The predicted octanol–water partition coefficient (Wildman–Crippen LogP) is 2.30.